The van der Waals surface area contributed by atoms with Gasteiger partial charge in [0.2, 0.25) is 5.91 Å². The number of nitrogens with one attached hydrogen (secondary N) is 2. The summed E-state index contributed by atoms with van der Waals surface area (Å²) in [6, 6.07) is 16.5. The van der Waals surface area contributed by atoms with Crippen molar-refractivity contribution in [3.8, 4) is 11.1 Å². The summed E-state index contributed by atoms with van der Waals surface area (Å²) >= 11 is 0. The Kier molecular flexibility index (Phi) is 5.70. The number of carbonyl (C=O) groups excluding carboxylic acids is 2. The average Bonchev–Trinajstić information content (AvgIpc) is 3.59. The van der Waals surface area contributed by atoms with Gasteiger partial charge in [-0.1, -0.05) is 53.7 Å². The summed E-state index contributed by atoms with van der Waals surface area (Å²) in [7, 11) is 0. The number of anilines is 1. The topological polar surface area (TPSA) is 114 Å². The van der Waals surface area contributed by atoms with Crippen LogP contribution in [0.2, 0.25) is 0 Å². The molecule has 0 spiro atoms. The number of fused-ring (bicyclic) bond motifs is 3. The van der Waals surface area contributed by atoms with E-state index in [4.69, 9.17) is 9.26 Å². The van der Waals surface area contributed by atoms with E-state index in [9.17, 15) is 14.7 Å². The van der Waals surface area contributed by atoms with Crippen LogP contribution in [-0.4, -0.2) is 41.3 Å². The minimum atomic E-state index is -1.70. The van der Waals surface area contributed by atoms with Gasteiger partial charge in [-0.2, -0.15) is 0 Å². The summed E-state index contributed by atoms with van der Waals surface area (Å²) < 4.78 is 10.4. The molecule has 1 fully saturated rings. The summed E-state index contributed by atoms with van der Waals surface area (Å²) in [5, 5.41) is 22.2. The maximum Gasteiger partial charge on any atom is 0.293 e. The molecule has 2 aliphatic rings. The molecule has 2 aromatic carbocycles. The molecule has 0 saturated carbocycles. The lowest BCUT2D eigenvalue weighted by molar-refractivity contribution is -0.158. The smallest absolute Gasteiger partial charge is 0.293 e. The zero-order chi connectivity index (χ0) is 22.8. The van der Waals surface area contributed by atoms with Crippen molar-refractivity contribution >= 4 is 18.2 Å². The van der Waals surface area contributed by atoms with Crippen LogP contribution in [0.4, 0.5) is 5.82 Å². The van der Waals surface area contributed by atoms with Crippen LogP contribution in [0, 0.1) is 5.92 Å². The number of aromatic nitrogens is 1. The second-order valence-corrected chi connectivity index (χ2v) is 8.52. The highest BCUT2D eigenvalue weighted by Gasteiger charge is 2.53. The molecule has 33 heavy (non-hydrogen) atoms. The van der Waals surface area contributed by atoms with Gasteiger partial charge in [0.05, 0.1) is 5.92 Å². The van der Waals surface area contributed by atoms with Gasteiger partial charge in [-0.15, -0.1) is 0 Å². The van der Waals surface area contributed by atoms with Crippen LogP contribution in [0.5, 0.6) is 0 Å². The monoisotopic (exact) mass is 447 g/mol. The van der Waals surface area contributed by atoms with Gasteiger partial charge in [-0.05, 0) is 48.1 Å². The standard InChI is InChI=1S/C25H25N3O5/c29-15-32-23(19(14-16-6-5-12-26-16)24(30)27-22-11-13-33-28-22)25(31)20-9-3-1-7-17(20)18-8-2-4-10-21(18)25/h1-4,7-11,13,15-16,19,23,26,31H,5-6,12,14H2,(H,27,28,30)/t16-,19?,23?/m1/s1. The van der Waals surface area contributed by atoms with Gasteiger partial charge in [0, 0.05) is 12.1 Å². The first-order valence-corrected chi connectivity index (χ1v) is 11.1. The van der Waals surface area contributed by atoms with Crippen molar-refractivity contribution in [2.75, 3.05) is 11.9 Å². The van der Waals surface area contributed by atoms with E-state index in [1.165, 1.54) is 12.3 Å². The highest BCUT2D eigenvalue weighted by atomic mass is 16.5. The lowest BCUT2D eigenvalue weighted by Crippen LogP contribution is -2.50. The maximum atomic E-state index is 13.5. The molecule has 1 aliphatic heterocycles. The second kappa shape index (κ2) is 8.80. The van der Waals surface area contributed by atoms with Crippen molar-refractivity contribution in [3.63, 3.8) is 0 Å². The van der Waals surface area contributed by atoms with Gasteiger partial charge in [0.25, 0.3) is 6.47 Å². The fourth-order valence-corrected chi connectivity index (χ4v) is 5.23. The molecule has 1 aromatic heterocycles. The minimum Gasteiger partial charge on any atom is -0.460 e. The third-order valence-corrected chi connectivity index (χ3v) is 6.67. The number of ether oxygens (including phenoxy) is 1. The molecule has 1 amide bonds. The second-order valence-electron chi connectivity index (χ2n) is 8.52. The molecule has 2 heterocycles. The lowest BCUT2D eigenvalue weighted by atomic mass is 9.77. The first-order chi connectivity index (χ1) is 16.1. The number of aliphatic hydroxyl groups is 1. The van der Waals surface area contributed by atoms with Gasteiger partial charge in [-0.25, -0.2) is 0 Å². The summed E-state index contributed by atoms with van der Waals surface area (Å²) in [5.41, 5.74) is 1.22. The maximum absolute atomic E-state index is 13.5. The Labute approximate surface area is 190 Å². The number of carbonyl (C=O) groups is 2. The van der Waals surface area contributed by atoms with Crippen molar-refractivity contribution in [1.29, 1.82) is 0 Å². The molecule has 3 N–H and O–H groups in total. The van der Waals surface area contributed by atoms with Gasteiger partial charge in [0.15, 0.2) is 17.5 Å². The van der Waals surface area contributed by atoms with E-state index in [-0.39, 0.29) is 11.9 Å². The van der Waals surface area contributed by atoms with Crippen LogP contribution < -0.4 is 10.6 Å². The summed E-state index contributed by atoms with van der Waals surface area (Å²) in [6.45, 7) is 1.17. The van der Waals surface area contributed by atoms with E-state index in [2.05, 4.69) is 15.8 Å². The lowest BCUT2D eigenvalue weighted by Gasteiger charge is -2.38. The van der Waals surface area contributed by atoms with E-state index in [1.807, 2.05) is 48.5 Å². The number of amides is 1. The molecule has 0 bridgehead atoms. The molecule has 3 atom stereocenters. The van der Waals surface area contributed by atoms with Crippen molar-refractivity contribution in [2.24, 2.45) is 5.92 Å². The molecule has 5 rings (SSSR count). The molecule has 8 heteroatoms. The zero-order valence-electron chi connectivity index (χ0n) is 17.9. The fourth-order valence-electron chi connectivity index (χ4n) is 5.23. The number of nitrogens with zero attached hydrogens (tertiary/aromatic N) is 1. The SMILES string of the molecule is O=COC(C(C[C@H]1CCCN1)C(=O)Nc1ccon1)C1(O)c2ccccc2-c2ccccc21. The van der Waals surface area contributed by atoms with Crippen LogP contribution in [0.3, 0.4) is 0 Å². The van der Waals surface area contributed by atoms with Crippen LogP contribution in [0.1, 0.15) is 30.4 Å². The summed E-state index contributed by atoms with van der Waals surface area (Å²) in [6.07, 6.45) is 2.48. The van der Waals surface area contributed by atoms with E-state index in [0.29, 0.717) is 24.0 Å². The summed E-state index contributed by atoms with van der Waals surface area (Å²) in [4.78, 5) is 25.2. The third kappa shape index (κ3) is 3.71. The van der Waals surface area contributed by atoms with Crippen molar-refractivity contribution in [1.82, 2.24) is 10.5 Å². The molecular formula is C25H25N3O5. The van der Waals surface area contributed by atoms with Crippen molar-refractivity contribution in [3.05, 3.63) is 72.0 Å². The Bertz CT molecular complexity index is 1090. The molecule has 0 radical (unpaired) electrons. The highest BCUT2D eigenvalue weighted by molar-refractivity contribution is 5.93. The Morgan fingerprint density at radius 3 is 2.48 bits per heavy atom. The van der Waals surface area contributed by atoms with E-state index in [0.717, 1.165) is 30.5 Å². The Hall–Kier alpha value is -3.49. The molecule has 3 aromatic rings. The van der Waals surface area contributed by atoms with Gasteiger partial charge in [-0.3, -0.25) is 9.59 Å². The predicted octanol–water partition coefficient (Wildman–Crippen LogP) is 2.83. The average molecular weight is 447 g/mol. The number of hydrogen-bond acceptors (Lipinski definition) is 7. The Morgan fingerprint density at radius 1 is 1.21 bits per heavy atom. The molecule has 8 nitrogen and oxygen atoms in total. The quantitative estimate of drug-likeness (QED) is 0.455. The first kappa shape index (κ1) is 21.4. The largest absolute Gasteiger partial charge is 0.460 e. The van der Waals surface area contributed by atoms with Crippen LogP contribution in [-0.2, 0) is 19.9 Å². The van der Waals surface area contributed by atoms with Gasteiger partial charge >= 0.3 is 0 Å². The summed E-state index contributed by atoms with van der Waals surface area (Å²) in [5.74, 6) is -1.00. The molecule has 170 valence electrons. The van der Waals surface area contributed by atoms with Crippen LogP contribution in [0.25, 0.3) is 11.1 Å². The number of hydrogen-bond donors (Lipinski definition) is 3. The predicted molar refractivity (Wildman–Crippen MR) is 120 cm³/mol. The van der Waals surface area contributed by atoms with Crippen LogP contribution >= 0.6 is 0 Å². The van der Waals surface area contributed by atoms with E-state index >= 15 is 0 Å². The number of rotatable bonds is 8. The Morgan fingerprint density at radius 2 is 1.91 bits per heavy atom. The van der Waals surface area contributed by atoms with Crippen molar-refractivity contribution in [2.45, 2.75) is 37.0 Å². The molecular weight excluding hydrogens is 422 g/mol. The normalized spacial score (nSPS) is 19.8. The fraction of sp³-hybridized carbons (Fsp3) is 0.320. The van der Waals surface area contributed by atoms with Crippen LogP contribution in [0.15, 0.2) is 65.4 Å². The van der Waals surface area contributed by atoms with E-state index < -0.39 is 23.5 Å². The third-order valence-electron chi connectivity index (χ3n) is 6.67. The first-order valence-electron chi connectivity index (χ1n) is 11.1. The Balaban J connectivity index is 1.60. The zero-order valence-corrected chi connectivity index (χ0v) is 17.9. The van der Waals surface area contributed by atoms with Gasteiger partial charge in [0.1, 0.15) is 6.26 Å². The van der Waals surface area contributed by atoms with Crippen molar-refractivity contribution < 1.29 is 24.0 Å². The molecule has 2 unspecified atom stereocenters. The molecule has 1 aliphatic carbocycles. The highest BCUT2D eigenvalue weighted by Crippen LogP contribution is 2.51. The minimum absolute atomic E-state index is 0.0614. The van der Waals surface area contributed by atoms with E-state index in [1.54, 1.807) is 0 Å². The number of benzene rings is 2. The van der Waals surface area contributed by atoms with Gasteiger partial charge < -0.3 is 25.0 Å². The molecule has 1 saturated heterocycles.